The molecule has 0 spiro atoms. The van der Waals surface area contributed by atoms with E-state index in [1.54, 1.807) is 0 Å². The minimum atomic E-state index is -0.793. The first-order valence-corrected chi connectivity index (χ1v) is 35.4. The van der Waals surface area contributed by atoms with Gasteiger partial charge in [0.05, 0.1) is 0 Å². The number of rotatable bonds is 64. The van der Waals surface area contributed by atoms with Gasteiger partial charge in [0, 0.05) is 19.3 Å². The summed E-state index contributed by atoms with van der Waals surface area (Å²) in [6.07, 6.45) is 97.0. The summed E-state index contributed by atoms with van der Waals surface area (Å²) >= 11 is 0. The maximum absolute atomic E-state index is 13.0. The summed E-state index contributed by atoms with van der Waals surface area (Å²) in [5.74, 6) is -0.905. The summed E-state index contributed by atoms with van der Waals surface area (Å²) in [6, 6.07) is 0. The maximum Gasteiger partial charge on any atom is 0.306 e. The predicted molar refractivity (Wildman–Crippen MR) is 362 cm³/mol. The second-order valence-electron chi connectivity index (χ2n) is 23.4. The van der Waals surface area contributed by atoms with Gasteiger partial charge in [-0.1, -0.05) is 310 Å². The Labute approximate surface area is 514 Å². The highest BCUT2D eigenvalue weighted by Gasteiger charge is 2.19. The molecule has 0 N–H and O–H groups in total. The van der Waals surface area contributed by atoms with Crippen LogP contribution in [0.15, 0.2) is 109 Å². The van der Waals surface area contributed by atoms with Crippen LogP contribution in [0.2, 0.25) is 0 Å². The van der Waals surface area contributed by atoms with Gasteiger partial charge in [-0.2, -0.15) is 0 Å². The number of ether oxygens (including phenoxy) is 3. The molecule has 83 heavy (non-hydrogen) atoms. The molecule has 0 saturated carbocycles. The molecule has 0 aromatic rings. The predicted octanol–water partition coefficient (Wildman–Crippen LogP) is 24.6. The lowest BCUT2D eigenvalue weighted by atomic mass is 10.0. The van der Waals surface area contributed by atoms with Crippen molar-refractivity contribution in [2.75, 3.05) is 13.2 Å². The van der Waals surface area contributed by atoms with Crippen molar-refractivity contribution in [1.29, 1.82) is 0 Å². The average Bonchev–Trinajstić information content (AvgIpc) is 3.49. The third kappa shape index (κ3) is 68.7. The van der Waals surface area contributed by atoms with Crippen molar-refractivity contribution in [2.24, 2.45) is 0 Å². The smallest absolute Gasteiger partial charge is 0.306 e. The van der Waals surface area contributed by atoms with E-state index < -0.39 is 6.10 Å². The van der Waals surface area contributed by atoms with E-state index in [1.807, 2.05) is 0 Å². The van der Waals surface area contributed by atoms with Crippen LogP contribution in [0.3, 0.4) is 0 Å². The summed E-state index contributed by atoms with van der Waals surface area (Å²) in [7, 11) is 0. The van der Waals surface area contributed by atoms with Crippen LogP contribution in [0, 0.1) is 0 Å². The van der Waals surface area contributed by atoms with E-state index in [9.17, 15) is 14.4 Å². The molecular formula is C77H132O6. The number of hydrogen-bond acceptors (Lipinski definition) is 6. The summed E-state index contributed by atoms with van der Waals surface area (Å²) in [5.41, 5.74) is 0. The number of unbranched alkanes of at least 4 members (excludes halogenated alkanes) is 35. The number of carbonyl (C=O) groups excluding carboxylic acids is 3. The summed E-state index contributed by atoms with van der Waals surface area (Å²) < 4.78 is 17.0. The zero-order valence-electron chi connectivity index (χ0n) is 54.7. The third-order valence-corrected chi connectivity index (χ3v) is 15.2. The van der Waals surface area contributed by atoms with E-state index in [1.165, 1.54) is 186 Å². The highest BCUT2D eigenvalue weighted by molar-refractivity contribution is 5.71. The Bertz CT molecular complexity index is 1660. The highest BCUT2D eigenvalue weighted by atomic mass is 16.6. The Hall–Kier alpha value is -3.93. The first-order chi connectivity index (χ1) is 41.0. The largest absolute Gasteiger partial charge is 0.462 e. The van der Waals surface area contributed by atoms with Crippen molar-refractivity contribution in [3.63, 3.8) is 0 Å². The van der Waals surface area contributed by atoms with E-state index >= 15 is 0 Å². The van der Waals surface area contributed by atoms with E-state index in [0.29, 0.717) is 19.3 Å². The molecule has 0 amide bonds. The molecule has 1 atom stereocenters. The molecule has 0 aromatic heterocycles. The lowest BCUT2D eigenvalue weighted by Crippen LogP contribution is -2.30. The summed E-state index contributed by atoms with van der Waals surface area (Å²) in [5, 5.41) is 0. The molecule has 0 rings (SSSR count). The number of esters is 3. The first-order valence-electron chi connectivity index (χ1n) is 35.4. The molecule has 0 saturated heterocycles. The van der Waals surface area contributed by atoms with Crippen LogP contribution in [-0.4, -0.2) is 37.2 Å². The van der Waals surface area contributed by atoms with Crippen LogP contribution in [0.25, 0.3) is 0 Å². The van der Waals surface area contributed by atoms with Crippen LogP contribution in [0.4, 0.5) is 0 Å². The number of hydrogen-bond donors (Lipinski definition) is 0. The lowest BCUT2D eigenvalue weighted by molar-refractivity contribution is -0.167. The van der Waals surface area contributed by atoms with Gasteiger partial charge < -0.3 is 14.2 Å². The standard InChI is InChI=1S/C77H132O6/c1-4-7-10-13-16-19-22-25-27-29-31-33-35-36-37-38-39-40-42-43-45-47-49-52-55-58-61-64-67-70-76(79)82-73-74(72-81-75(78)69-66-63-60-57-54-51-24-21-18-15-12-9-6-3)83-77(80)71-68-65-62-59-56-53-50-48-46-44-41-34-32-30-28-26-23-20-17-14-11-8-5-2/h7,9-10,12,16,18-19,21,23,25-27,30-33,51,54,74H,4-6,8,11,13-15,17,20,22,24,28-29,34-50,52-53,55-73H2,1-3H3/b10-7-,12-9-,19-16-,21-18-,26-23-,27-25-,32-30-,33-31-,54-51-. The van der Waals surface area contributed by atoms with Gasteiger partial charge >= 0.3 is 17.9 Å². The Balaban J connectivity index is 4.26. The average molecular weight is 1150 g/mol. The summed E-state index contributed by atoms with van der Waals surface area (Å²) in [6.45, 7) is 6.41. The van der Waals surface area contributed by atoms with Crippen molar-refractivity contribution in [2.45, 2.75) is 348 Å². The molecule has 0 aliphatic rings. The second-order valence-corrected chi connectivity index (χ2v) is 23.4. The zero-order valence-corrected chi connectivity index (χ0v) is 54.7. The van der Waals surface area contributed by atoms with Gasteiger partial charge in [0.1, 0.15) is 13.2 Å². The third-order valence-electron chi connectivity index (χ3n) is 15.2. The van der Waals surface area contributed by atoms with E-state index in [0.717, 1.165) is 116 Å². The molecule has 0 fully saturated rings. The highest BCUT2D eigenvalue weighted by Crippen LogP contribution is 2.17. The quantitative estimate of drug-likeness (QED) is 0.0261. The minimum absolute atomic E-state index is 0.0865. The van der Waals surface area contributed by atoms with Gasteiger partial charge in [-0.05, 0) is 122 Å². The van der Waals surface area contributed by atoms with E-state index in [2.05, 4.69) is 130 Å². The van der Waals surface area contributed by atoms with Gasteiger partial charge in [-0.3, -0.25) is 14.4 Å². The molecule has 0 heterocycles. The minimum Gasteiger partial charge on any atom is -0.462 e. The molecule has 0 bridgehead atoms. The number of carbonyl (C=O) groups is 3. The Morgan fingerprint density at radius 2 is 0.470 bits per heavy atom. The fraction of sp³-hybridized carbons (Fsp3) is 0.727. The number of allylic oxidation sites excluding steroid dienone is 18. The van der Waals surface area contributed by atoms with Crippen molar-refractivity contribution >= 4 is 17.9 Å². The molecule has 0 aliphatic carbocycles. The topological polar surface area (TPSA) is 78.9 Å². The molecule has 6 heteroatoms. The summed E-state index contributed by atoms with van der Waals surface area (Å²) in [4.78, 5) is 38.4. The molecule has 0 radical (unpaired) electrons. The van der Waals surface area contributed by atoms with Crippen molar-refractivity contribution in [3.8, 4) is 0 Å². The Kier molecular flexibility index (Phi) is 67.2. The zero-order chi connectivity index (χ0) is 59.9. The van der Waals surface area contributed by atoms with E-state index in [4.69, 9.17) is 14.2 Å². The molecular weight excluding hydrogens is 1020 g/mol. The monoisotopic (exact) mass is 1150 g/mol. The maximum atomic E-state index is 13.0. The SMILES string of the molecule is CC/C=C\C/C=C\C/C=C\C/C=C\CCCCCCCCCCCCCCCCCCC(=O)OCC(COC(=O)CCCCC/C=C\C/C=C\C/C=C\CC)OC(=O)CCCCCCCCCCCCC/C=C\C/C=C\CCCCCCC. The van der Waals surface area contributed by atoms with Crippen LogP contribution in [0.5, 0.6) is 0 Å². The second kappa shape index (κ2) is 70.6. The van der Waals surface area contributed by atoms with Crippen LogP contribution in [-0.2, 0) is 28.6 Å². The molecule has 476 valence electrons. The fourth-order valence-electron chi connectivity index (χ4n) is 10.0. The van der Waals surface area contributed by atoms with Gasteiger partial charge in [0.15, 0.2) is 6.10 Å². The van der Waals surface area contributed by atoms with Crippen LogP contribution in [0.1, 0.15) is 342 Å². The van der Waals surface area contributed by atoms with E-state index in [-0.39, 0.29) is 31.1 Å². The molecule has 0 aliphatic heterocycles. The lowest BCUT2D eigenvalue weighted by Gasteiger charge is -2.18. The molecule has 6 nitrogen and oxygen atoms in total. The van der Waals surface area contributed by atoms with Crippen LogP contribution >= 0.6 is 0 Å². The van der Waals surface area contributed by atoms with Crippen molar-refractivity contribution < 1.29 is 28.6 Å². The molecule has 1 unspecified atom stereocenters. The normalized spacial score (nSPS) is 12.8. The van der Waals surface area contributed by atoms with Crippen molar-refractivity contribution in [3.05, 3.63) is 109 Å². The first kappa shape index (κ1) is 79.1. The van der Waals surface area contributed by atoms with Gasteiger partial charge in [0.2, 0.25) is 0 Å². The fourth-order valence-corrected chi connectivity index (χ4v) is 10.0. The van der Waals surface area contributed by atoms with Crippen LogP contribution < -0.4 is 0 Å². The molecule has 0 aromatic carbocycles. The van der Waals surface area contributed by atoms with Gasteiger partial charge in [-0.15, -0.1) is 0 Å². The van der Waals surface area contributed by atoms with Crippen molar-refractivity contribution in [1.82, 2.24) is 0 Å². The Morgan fingerprint density at radius 3 is 0.747 bits per heavy atom. The Morgan fingerprint density at radius 1 is 0.253 bits per heavy atom. The van der Waals surface area contributed by atoms with Gasteiger partial charge in [0.25, 0.3) is 0 Å². The van der Waals surface area contributed by atoms with Gasteiger partial charge in [-0.25, -0.2) is 0 Å².